The van der Waals surface area contributed by atoms with Gasteiger partial charge in [-0.3, -0.25) is 4.79 Å². The SMILES string of the molecule is O=C1C[C@H](c2nc3ccccc3n2Cc2ccccc2Cl)CN1c1cccc(C(F)(F)F)c1. The lowest BCUT2D eigenvalue weighted by atomic mass is 10.1. The Bertz CT molecular complexity index is 1350. The summed E-state index contributed by atoms with van der Waals surface area (Å²) in [6.07, 6.45) is -4.30. The molecule has 2 heterocycles. The number of amides is 1. The van der Waals surface area contributed by atoms with Crippen LogP contribution in [0.2, 0.25) is 5.02 Å². The summed E-state index contributed by atoms with van der Waals surface area (Å²) in [5, 5.41) is 0.634. The van der Waals surface area contributed by atoms with Crippen LogP contribution in [0, 0.1) is 0 Å². The lowest BCUT2D eigenvalue weighted by molar-refractivity contribution is -0.137. The van der Waals surface area contributed by atoms with Gasteiger partial charge in [0.25, 0.3) is 0 Å². The smallest absolute Gasteiger partial charge is 0.323 e. The largest absolute Gasteiger partial charge is 0.416 e. The zero-order chi connectivity index (χ0) is 23.2. The highest BCUT2D eigenvalue weighted by Crippen LogP contribution is 2.36. The van der Waals surface area contributed by atoms with E-state index in [0.717, 1.165) is 34.6 Å². The van der Waals surface area contributed by atoms with Gasteiger partial charge in [0, 0.05) is 29.6 Å². The molecule has 1 saturated heterocycles. The topological polar surface area (TPSA) is 38.1 Å². The normalized spacial score (nSPS) is 16.7. The molecule has 0 unspecified atom stereocenters. The Labute approximate surface area is 193 Å². The number of anilines is 1. The first-order valence-corrected chi connectivity index (χ1v) is 10.9. The van der Waals surface area contributed by atoms with E-state index in [4.69, 9.17) is 16.6 Å². The second kappa shape index (κ2) is 8.23. The second-order valence-corrected chi connectivity index (χ2v) is 8.50. The lowest BCUT2D eigenvalue weighted by Gasteiger charge is -2.19. The van der Waals surface area contributed by atoms with Gasteiger partial charge in [0.15, 0.2) is 0 Å². The predicted octanol–water partition coefficient (Wildman–Crippen LogP) is 6.28. The number of hydrogen-bond acceptors (Lipinski definition) is 2. The molecular weight excluding hydrogens is 451 g/mol. The van der Waals surface area contributed by atoms with E-state index in [1.54, 1.807) is 0 Å². The second-order valence-electron chi connectivity index (χ2n) is 8.09. The van der Waals surface area contributed by atoms with Gasteiger partial charge >= 0.3 is 6.18 Å². The fraction of sp³-hybridized carbons (Fsp3) is 0.200. The minimum atomic E-state index is -4.47. The first kappa shape index (κ1) is 21.5. The number of hydrogen-bond donors (Lipinski definition) is 0. The molecule has 1 aromatic heterocycles. The number of alkyl halides is 3. The predicted molar refractivity (Wildman–Crippen MR) is 121 cm³/mol. The molecular formula is C25H19ClF3N3O. The third kappa shape index (κ3) is 4.09. The molecule has 0 N–H and O–H groups in total. The quantitative estimate of drug-likeness (QED) is 0.353. The molecule has 168 valence electrons. The van der Waals surface area contributed by atoms with Gasteiger partial charge in [0.2, 0.25) is 5.91 Å². The van der Waals surface area contributed by atoms with Gasteiger partial charge in [-0.25, -0.2) is 4.98 Å². The van der Waals surface area contributed by atoms with Crippen molar-refractivity contribution in [2.24, 2.45) is 0 Å². The number of imidazole rings is 1. The van der Waals surface area contributed by atoms with Crippen molar-refractivity contribution in [3.8, 4) is 0 Å². The van der Waals surface area contributed by atoms with Crippen molar-refractivity contribution in [1.82, 2.24) is 9.55 Å². The van der Waals surface area contributed by atoms with Crippen LogP contribution in [0.5, 0.6) is 0 Å². The average molecular weight is 470 g/mol. The van der Waals surface area contributed by atoms with Crippen molar-refractivity contribution in [3.63, 3.8) is 0 Å². The Morgan fingerprint density at radius 3 is 2.55 bits per heavy atom. The summed E-state index contributed by atoms with van der Waals surface area (Å²) < 4.78 is 41.6. The van der Waals surface area contributed by atoms with Crippen LogP contribution in [-0.2, 0) is 17.5 Å². The number of benzene rings is 3. The Kier molecular flexibility index (Phi) is 5.37. The number of carbonyl (C=O) groups is 1. The number of rotatable bonds is 4. The number of carbonyl (C=O) groups excluding carboxylic acids is 1. The molecule has 0 spiro atoms. The maximum atomic E-state index is 13.2. The van der Waals surface area contributed by atoms with Crippen LogP contribution in [0.25, 0.3) is 11.0 Å². The third-order valence-electron chi connectivity index (χ3n) is 5.95. The van der Waals surface area contributed by atoms with Crippen LogP contribution in [-0.4, -0.2) is 22.0 Å². The van der Waals surface area contributed by atoms with Crippen molar-refractivity contribution < 1.29 is 18.0 Å². The fourth-order valence-corrected chi connectivity index (χ4v) is 4.54. The van der Waals surface area contributed by atoms with Crippen LogP contribution in [0.15, 0.2) is 72.8 Å². The Morgan fingerprint density at radius 2 is 1.76 bits per heavy atom. The molecule has 0 radical (unpaired) electrons. The number of fused-ring (bicyclic) bond motifs is 1. The molecule has 3 aromatic carbocycles. The van der Waals surface area contributed by atoms with E-state index in [1.165, 1.54) is 17.0 Å². The highest BCUT2D eigenvalue weighted by molar-refractivity contribution is 6.31. The van der Waals surface area contributed by atoms with E-state index in [-0.39, 0.29) is 30.5 Å². The molecule has 0 aliphatic carbocycles. The summed E-state index contributed by atoms with van der Waals surface area (Å²) >= 11 is 6.39. The van der Waals surface area contributed by atoms with Gasteiger partial charge in [-0.1, -0.05) is 48.0 Å². The van der Waals surface area contributed by atoms with Crippen LogP contribution >= 0.6 is 11.6 Å². The van der Waals surface area contributed by atoms with Gasteiger partial charge in [-0.2, -0.15) is 13.2 Å². The molecule has 1 fully saturated rings. The molecule has 4 nitrogen and oxygen atoms in total. The van der Waals surface area contributed by atoms with Crippen molar-refractivity contribution in [1.29, 1.82) is 0 Å². The summed E-state index contributed by atoms with van der Waals surface area (Å²) in [7, 11) is 0. The minimum Gasteiger partial charge on any atom is -0.323 e. The zero-order valence-electron chi connectivity index (χ0n) is 17.4. The minimum absolute atomic E-state index is 0.169. The fourth-order valence-electron chi connectivity index (χ4n) is 4.35. The molecule has 1 aliphatic heterocycles. The van der Waals surface area contributed by atoms with Crippen LogP contribution in [0.1, 0.15) is 29.3 Å². The standard InChI is InChI=1S/C25H19ClF3N3O/c26-20-9-2-1-6-16(20)14-32-22-11-4-3-10-21(22)30-24(32)17-12-23(33)31(15-17)19-8-5-7-18(13-19)25(27,28)29/h1-11,13,17H,12,14-15H2/t17-/m0/s1. The van der Waals surface area contributed by atoms with Gasteiger partial charge in [0.1, 0.15) is 5.82 Å². The lowest BCUT2D eigenvalue weighted by Crippen LogP contribution is -2.25. The number of para-hydroxylation sites is 2. The molecule has 4 aromatic rings. The average Bonchev–Trinajstić information content (AvgIpc) is 3.35. The first-order chi connectivity index (χ1) is 15.8. The van der Waals surface area contributed by atoms with Crippen molar-refractivity contribution in [2.75, 3.05) is 11.4 Å². The summed E-state index contributed by atoms with van der Waals surface area (Å²) in [5.74, 6) is 0.233. The van der Waals surface area contributed by atoms with Gasteiger partial charge < -0.3 is 9.47 Å². The van der Waals surface area contributed by atoms with Crippen LogP contribution < -0.4 is 4.90 Å². The summed E-state index contributed by atoms with van der Waals surface area (Å²) in [5.41, 5.74) is 2.10. The highest BCUT2D eigenvalue weighted by atomic mass is 35.5. The molecule has 1 atom stereocenters. The van der Waals surface area contributed by atoms with Crippen molar-refractivity contribution in [2.45, 2.75) is 25.1 Å². The maximum absolute atomic E-state index is 13.2. The van der Waals surface area contributed by atoms with Gasteiger partial charge in [-0.15, -0.1) is 0 Å². The molecule has 33 heavy (non-hydrogen) atoms. The monoisotopic (exact) mass is 469 g/mol. The highest BCUT2D eigenvalue weighted by Gasteiger charge is 2.36. The summed E-state index contributed by atoms with van der Waals surface area (Å²) in [6.45, 7) is 0.732. The van der Waals surface area contributed by atoms with Crippen molar-refractivity contribution >= 4 is 34.2 Å². The van der Waals surface area contributed by atoms with Crippen LogP contribution in [0.3, 0.4) is 0 Å². The maximum Gasteiger partial charge on any atom is 0.416 e. The molecule has 0 bridgehead atoms. The Hall–Kier alpha value is -3.32. The molecule has 1 amide bonds. The van der Waals surface area contributed by atoms with E-state index in [0.29, 0.717) is 11.6 Å². The molecule has 5 rings (SSSR count). The number of nitrogens with zero attached hydrogens (tertiary/aromatic N) is 3. The van der Waals surface area contributed by atoms with E-state index in [9.17, 15) is 18.0 Å². The Morgan fingerprint density at radius 1 is 1.00 bits per heavy atom. The number of aromatic nitrogens is 2. The molecule has 8 heteroatoms. The third-order valence-corrected chi connectivity index (χ3v) is 6.31. The van der Waals surface area contributed by atoms with Gasteiger partial charge in [-0.05, 0) is 42.0 Å². The first-order valence-electron chi connectivity index (χ1n) is 10.5. The van der Waals surface area contributed by atoms with E-state index < -0.39 is 11.7 Å². The zero-order valence-corrected chi connectivity index (χ0v) is 18.1. The van der Waals surface area contributed by atoms with E-state index in [2.05, 4.69) is 0 Å². The molecule has 1 aliphatic rings. The van der Waals surface area contributed by atoms with Crippen LogP contribution in [0.4, 0.5) is 18.9 Å². The van der Waals surface area contributed by atoms with E-state index >= 15 is 0 Å². The molecule has 0 saturated carbocycles. The Balaban J connectivity index is 1.52. The van der Waals surface area contributed by atoms with E-state index in [1.807, 2.05) is 53.1 Å². The summed E-state index contributed by atoms with van der Waals surface area (Å²) in [6, 6.07) is 20.1. The van der Waals surface area contributed by atoms with Crippen molar-refractivity contribution in [3.05, 3.63) is 94.8 Å². The van der Waals surface area contributed by atoms with Gasteiger partial charge in [0.05, 0.1) is 23.1 Å². The number of halogens is 4. The summed E-state index contributed by atoms with van der Waals surface area (Å²) in [4.78, 5) is 19.1.